The van der Waals surface area contributed by atoms with E-state index in [2.05, 4.69) is 5.32 Å². The fraction of sp³-hybridized carbons (Fsp3) is 0.238. The molecule has 3 aromatic rings. The molecule has 9 heteroatoms. The smallest absolute Gasteiger partial charge is 0.454 e. The number of ketones is 1. The molecule has 0 saturated heterocycles. The number of para-hydroxylation sites is 1. The van der Waals surface area contributed by atoms with Crippen molar-refractivity contribution >= 4 is 22.6 Å². The molecule has 156 valence electrons. The van der Waals surface area contributed by atoms with E-state index in [9.17, 15) is 22.8 Å². The summed E-state index contributed by atoms with van der Waals surface area (Å²) in [7, 11) is 0. The highest BCUT2D eigenvalue weighted by molar-refractivity contribution is 6.12. The van der Waals surface area contributed by atoms with Crippen LogP contribution in [0.15, 0.2) is 42.5 Å². The Kier molecular flexibility index (Phi) is 4.89. The van der Waals surface area contributed by atoms with Crippen molar-refractivity contribution in [3.63, 3.8) is 0 Å². The topological polar surface area (TPSA) is 69.6 Å². The standard InChI is InChI=1S/C21H17F3N2O4/c1-12-19(20(28)21(22,23)24)14-4-2-3-5-15(14)26(12)10-18(27)25-9-13-6-7-16-17(8-13)30-11-29-16/h2-8H,9-11H2,1H3,(H,25,27). The highest BCUT2D eigenvalue weighted by Gasteiger charge is 2.42. The number of aromatic nitrogens is 1. The molecule has 30 heavy (non-hydrogen) atoms. The lowest BCUT2D eigenvalue weighted by Gasteiger charge is -2.10. The minimum absolute atomic E-state index is 0.0942. The van der Waals surface area contributed by atoms with Gasteiger partial charge in [-0.25, -0.2) is 0 Å². The van der Waals surface area contributed by atoms with E-state index in [1.165, 1.54) is 17.6 Å². The third kappa shape index (κ3) is 3.58. The predicted molar refractivity (Wildman–Crippen MR) is 101 cm³/mol. The number of Topliss-reactive ketones (excluding diaryl/α,β-unsaturated/α-hetero) is 1. The third-order valence-corrected chi connectivity index (χ3v) is 4.94. The van der Waals surface area contributed by atoms with Crippen LogP contribution in [-0.4, -0.2) is 29.2 Å². The second-order valence-corrected chi connectivity index (χ2v) is 6.85. The van der Waals surface area contributed by atoms with Crippen LogP contribution in [0.4, 0.5) is 13.2 Å². The molecule has 1 aliphatic heterocycles. The van der Waals surface area contributed by atoms with Crippen molar-refractivity contribution in [2.24, 2.45) is 0 Å². The van der Waals surface area contributed by atoms with E-state index in [0.717, 1.165) is 5.56 Å². The summed E-state index contributed by atoms with van der Waals surface area (Å²) in [6, 6.07) is 11.5. The molecule has 1 N–H and O–H groups in total. The molecule has 4 rings (SSSR count). The minimum atomic E-state index is -5.00. The Morgan fingerprint density at radius 1 is 1.10 bits per heavy atom. The number of benzene rings is 2. The van der Waals surface area contributed by atoms with Crippen molar-refractivity contribution in [1.29, 1.82) is 0 Å². The fourth-order valence-electron chi connectivity index (χ4n) is 3.51. The van der Waals surface area contributed by atoms with Gasteiger partial charge in [-0.05, 0) is 30.7 Å². The highest BCUT2D eigenvalue weighted by atomic mass is 19.4. The molecule has 2 aromatic carbocycles. The van der Waals surface area contributed by atoms with Crippen LogP contribution in [0.1, 0.15) is 21.6 Å². The summed E-state index contributed by atoms with van der Waals surface area (Å²) in [5.41, 5.74) is 0.842. The van der Waals surface area contributed by atoms with Crippen LogP contribution in [0.25, 0.3) is 10.9 Å². The Hall–Kier alpha value is -3.49. The molecule has 0 radical (unpaired) electrons. The van der Waals surface area contributed by atoms with Crippen LogP contribution in [0.5, 0.6) is 11.5 Å². The van der Waals surface area contributed by atoms with Gasteiger partial charge in [-0.2, -0.15) is 13.2 Å². The van der Waals surface area contributed by atoms with Crippen molar-refractivity contribution in [2.45, 2.75) is 26.2 Å². The van der Waals surface area contributed by atoms with Gasteiger partial charge in [0.15, 0.2) is 11.5 Å². The van der Waals surface area contributed by atoms with E-state index in [4.69, 9.17) is 9.47 Å². The second-order valence-electron chi connectivity index (χ2n) is 6.85. The number of nitrogens with one attached hydrogen (secondary N) is 1. The van der Waals surface area contributed by atoms with Crippen molar-refractivity contribution < 1.29 is 32.2 Å². The Bertz CT molecular complexity index is 1150. The van der Waals surface area contributed by atoms with Crippen LogP contribution in [0, 0.1) is 6.92 Å². The number of nitrogens with zero attached hydrogens (tertiary/aromatic N) is 1. The van der Waals surface area contributed by atoms with Gasteiger partial charge in [0.25, 0.3) is 5.78 Å². The number of fused-ring (bicyclic) bond motifs is 2. The number of carbonyl (C=O) groups is 2. The molecular weight excluding hydrogens is 401 g/mol. The number of rotatable bonds is 5. The Morgan fingerprint density at radius 2 is 1.83 bits per heavy atom. The summed E-state index contributed by atoms with van der Waals surface area (Å²) in [5, 5.41) is 2.90. The number of alkyl halides is 3. The van der Waals surface area contributed by atoms with E-state index in [1.54, 1.807) is 36.4 Å². The lowest BCUT2D eigenvalue weighted by molar-refractivity contribution is -0.121. The Labute approximate surface area is 169 Å². The van der Waals surface area contributed by atoms with Crippen molar-refractivity contribution in [3.05, 3.63) is 59.3 Å². The van der Waals surface area contributed by atoms with Gasteiger partial charge < -0.3 is 19.4 Å². The van der Waals surface area contributed by atoms with E-state index in [0.29, 0.717) is 17.0 Å². The number of amides is 1. The zero-order valence-corrected chi connectivity index (χ0v) is 15.9. The molecule has 1 amide bonds. The molecule has 0 fully saturated rings. The summed E-state index contributed by atoms with van der Waals surface area (Å²) in [4.78, 5) is 24.4. The fourth-order valence-corrected chi connectivity index (χ4v) is 3.51. The Balaban J connectivity index is 1.55. The highest BCUT2D eigenvalue weighted by Crippen LogP contribution is 2.33. The predicted octanol–water partition coefficient (Wildman–Crippen LogP) is 3.74. The molecule has 2 heterocycles. The summed E-state index contributed by atoms with van der Waals surface area (Å²) in [6.45, 7) is 1.54. The van der Waals surface area contributed by atoms with Crippen LogP contribution in [0.2, 0.25) is 0 Å². The maximum atomic E-state index is 13.1. The molecular formula is C21H17F3N2O4. The van der Waals surface area contributed by atoms with Gasteiger partial charge in [0.1, 0.15) is 6.54 Å². The quantitative estimate of drug-likeness (QED) is 0.641. The van der Waals surface area contributed by atoms with Crippen LogP contribution in [0.3, 0.4) is 0 Å². The van der Waals surface area contributed by atoms with Crippen molar-refractivity contribution in [2.75, 3.05) is 6.79 Å². The molecule has 0 unspecified atom stereocenters. The van der Waals surface area contributed by atoms with Crippen LogP contribution >= 0.6 is 0 Å². The first-order valence-electron chi connectivity index (χ1n) is 9.10. The monoisotopic (exact) mass is 418 g/mol. The van der Waals surface area contributed by atoms with Gasteiger partial charge >= 0.3 is 6.18 Å². The largest absolute Gasteiger partial charge is 0.454 e. The van der Waals surface area contributed by atoms with Crippen LogP contribution < -0.4 is 14.8 Å². The van der Waals surface area contributed by atoms with E-state index in [1.807, 2.05) is 0 Å². The molecule has 0 aliphatic carbocycles. The van der Waals surface area contributed by atoms with Crippen molar-refractivity contribution in [1.82, 2.24) is 9.88 Å². The molecule has 1 aromatic heterocycles. The maximum absolute atomic E-state index is 13.1. The van der Waals surface area contributed by atoms with E-state index < -0.39 is 23.4 Å². The maximum Gasteiger partial charge on any atom is 0.454 e. The SMILES string of the molecule is Cc1c(C(=O)C(F)(F)F)c2ccccc2n1CC(=O)NCc1ccc2c(c1)OCO2. The summed E-state index contributed by atoms with van der Waals surface area (Å²) >= 11 is 0. The van der Waals surface area contributed by atoms with Gasteiger partial charge in [0, 0.05) is 23.1 Å². The molecule has 0 bridgehead atoms. The van der Waals surface area contributed by atoms with Gasteiger partial charge in [0.05, 0.1) is 5.56 Å². The lowest BCUT2D eigenvalue weighted by Crippen LogP contribution is -2.28. The molecule has 6 nitrogen and oxygen atoms in total. The zero-order chi connectivity index (χ0) is 21.5. The van der Waals surface area contributed by atoms with E-state index >= 15 is 0 Å². The first-order chi connectivity index (χ1) is 14.3. The molecule has 0 spiro atoms. The van der Waals surface area contributed by atoms with Gasteiger partial charge in [-0.3, -0.25) is 9.59 Å². The first-order valence-corrected chi connectivity index (χ1v) is 9.10. The zero-order valence-electron chi connectivity index (χ0n) is 15.9. The van der Waals surface area contributed by atoms with Gasteiger partial charge in [-0.15, -0.1) is 0 Å². The lowest BCUT2D eigenvalue weighted by atomic mass is 10.1. The number of ether oxygens (including phenoxy) is 2. The number of hydrogen-bond acceptors (Lipinski definition) is 4. The number of carbonyl (C=O) groups excluding carboxylic acids is 2. The third-order valence-electron chi connectivity index (χ3n) is 4.94. The van der Waals surface area contributed by atoms with Crippen molar-refractivity contribution in [3.8, 4) is 11.5 Å². The minimum Gasteiger partial charge on any atom is -0.454 e. The average Bonchev–Trinajstić information content (AvgIpc) is 3.28. The molecule has 0 saturated carbocycles. The molecule has 0 atom stereocenters. The number of halogens is 3. The summed E-state index contributed by atoms with van der Waals surface area (Å²) in [6.07, 6.45) is -5.00. The van der Waals surface area contributed by atoms with Gasteiger partial charge in [0.2, 0.25) is 12.7 Å². The Morgan fingerprint density at radius 3 is 2.60 bits per heavy atom. The average molecular weight is 418 g/mol. The second kappa shape index (κ2) is 7.40. The molecule has 1 aliphatic rings. The van der Waals surface area contributed by atoms with Crippen LogP contribution in [-0.2, 0) is 17.9 Å². The number of hydrogen-bond donors (Lipinski definition) is 1. The normalized spacial score (nSPS) is 12.9. The van der Waals surface area contributed by atoms with Gasteiger partial charge in [-0.1, -0.05) is 24.3 Å². The van der Waals surface area contributed by atoms with E-state index in [-0.39, 0.29) is 31.0 Å². The summed E-state index contributed by atoms with van der Waals surface area (Å²) < 4.78 is 51.1. The summed E-state index contributed by atoms with van der Waals surface area (Å²) in [5.74, 6) is -1.11. The first kappa shape index (κ1) is 19.8.